The van der Waals surface area contributed by atoms with Gasteiger partial charge in [-0.05, 0) is 59.7 Å². The molecule has 0 atom stereocenters. The van der Waals surface area contributed by atoms with Crippen molar-refractivity contribution in [3.8, 4) is 33.4 Å². The summed E-state index contributed by atoms with van der Waals surface area (Å²) in [5, 5.41) is 14.7. The maximum absolute atomic E-state index is 4.84. The van der Waals surface area contributed by atoms with Gasteiger partial charge in [0, 0.05) is 29.7 Å². The highest BCUT2D eigenvalue weighted by Crippen LogP contribution is 2.48. The van der Waals surface area contributed by atoms with Gasteiger partial charge in [-0.3, -0.25) is 0 Å². The van der Waals surface area contributed by atoms with Gasteiger partial charge in [-0.15, -0.1) is 0 Å². The van der Waals surface area contributed by atoms with Crippen molar-refractivity contribution in [1.82, 2.24) is 10.2 Å². The number of benzene rings is 6. The molecule has 2 heterocycles. The smallest absolute Gasteiger partial charge is 0.193 e. The van der Waals surface area contributed by atoms with Crippen LogP contribution in [0, 0.1) is 13.8 Å². The van der Waals surface area contributed by atoms with Gasteiger partial charge in [-0.1, -0.05) is 173 Å². The van der Waals surface area contributed by atoms with Crippen molar-refractivity contribution in [1.29, 1.82) is 0 Å². The standard InChI is InChI=1S/C48H39N3/c1-32-46(48(33(2)50-49-32)51-29-28-37-20-12-13-21-40(37)45(51)27-22-34-14-6-3-7-15-34)47-43-30-38(35-16-8-4-9-17-35)23-25-41(43)42-26-24-39(31-44(42)47)36-18-10-5-11-19-36/h3-21,23-26,30-31H,22,27-29H2,1-2H3. The Morgan fingerprint density at radius 1 is 0.549 bits per heavy atom. The molecule has 0 N–H and O–H groups in total. The van der Waals surface area contributed by atoms with Crippen molar-refractivity contribution < 1.29 is 4.58 Å². The highest BCUT2D eigenvalue weighted by atomic mass is 15.1. The van der Waals surface area contributed by atoms with Crippen LogP contribution in [-0.4, -0.2) is 27.0 Å². The largest absolute Gasteiger partial charge is 0.216 e. The topological polar surface area (TPSA) is 28.8 Å². The molecule has 0 radical (unpaired) electrons. The molecule has 1 aliphatic heterocycles. The lowest BCUT2D eigenvalue weighted by atomic mass is 9.91. The maximum Gasteiger partial charge on any atom is 0.193 e. The van der Waals surface area contributed by atoms with Gasteiger partial charge in [-0.2, -0.15) is 10.2 Å². The zero-order chi connectivity index (χ0) is 34.3. The highest BCUT2D eigenvalue weighted by Gasteiger charge is 2.31. The quantitative estimate of drug-likeness (QED) is 0.126. The van der Waals surface area contributed by atoms with Gasteiger partial charge < -0.3 is 0 Å². The van der Waals surface area contributed by atoms with Gasteiger partial charge in [0.2, 0.25) is 0 Å². The minimum Gasteiger partial charge on any atom is -0.216 e. The van der Waals surface area contributed by atoms with Crippen LogP contribution in [0.3, 0.4) is 0 Å². The van der Waals surface area contributed by atoms with Crippen molar-refractivity contribution in [3.63, 3.8) is 0 Å². The fourth-order valence-electron chi connectivity index (χ4n) is 8.19. The van der Waals surface area contributed by atoms with Crippen LogP contribution in [0.15, 0.2) is 152 Å². The number of fused-ring (bicyclic) bond motifs is 4. The monoisotopic (exact) mass is 657 g/mol. The average Bonchev–Trinajstić information content (AvgIpc) is 3.51. The number of nitrogens with zero attached hydrogens (tertiary/aromatic N) is 3. The Labute approximate surface area is 299 Å². The summed E-state index contributed by atoms with van der Waals surface area (Å²) >= 11 is 0. The fraction of sp³-hybridized carbons (Fsp3) is 0.125. The van der Waals surface area contributed by atoms with E-state index in [1.165, 1.54) is 83.0 Å². The van der Waals surface area contributed by atoms with Crippen molar-refractivity contribution in [2.75, 3.05) is 6.54 Å². The van der Waals surface area contributed by atoms with Gasteiger partial charge in [-0.25, -0.2) is 4.58 Å². The molecular weight excluding hydrogens is 619 g/mol. The number of rotatable bonds is 7. The molecule has 7 aromatic carbocycles. The molecule has 51 heavy (non-hydrogen) atoms. The molecule has 0 saturated heterocycles. The Morgan fingerprint density at radius 2 is 1.10 bits per heavy atom. The number of hydrogen-bond donors (Lipinski definition) is 0. The Hall–Kier alpha value is -6.06. The van der Waals surface area contributed by atoms with Crippen LogP contribution < -0.4 is 0 Å². The SMILES string of the molecule is Cc1nnc(C)c([N+]2=C(CCc3ccccc3)c3ccccc3CC2)c1-[c-]1c2cc(-c3ccccc3)ccc2c2ccc(-c3ccccc3)cc21. The van der Waals surface area contributed by atoms with E-state index >= 15 is 0 Å². The molecule has 1 aromatic heterocycles. The number of hydrogen-bond acceptors (Lipinski definition) is 2. The van der Waals surface area contributed by atoms with E-state index < -0.39 is 0 Å². The van der Waals surface area contributed by atoms with E-state index in [0.29, 0.717) is 0 Å². The van der Waals surface area contributed by atoms with Crippen LogP contribution in [0.2, 0.25) is 0 Å². The van der Waals surface area contributed by atoms with E-state index in [1.54, 1.807) is 0 Å². The zero-order valence-corrected chi connectivity index (χ0v) is 29.1. The van der Waals surface area contributed by atoms with Crippen molar-refractivity contribution in [2.45, 2.75) is 33.1 Å². The first-order valence-corrected chi connectivity index (χ1v) is 18.0. The van der Waals surface area contributed by atoms with E-state index in [0.717, 1.165) is 37.2 Å². The molecule has 0 fully saturated rings. The highest BCUT2D eigenvalue weighted by molar-refractivity contribution is 6.25. The van der Waals surface area contributed by atoms with E-state index in [4.69, 9.17) is 10.2 Å². The molecule has 0 amide bonds. The Bertz CT molecular complexity index is 2480. The van der Waals surface area contributed by atoms with Crippen molar-refractivity contribution in [3.05, 3.63) is 180 Å². The van der Waals surface area contributed by atoms with Gasteiger partial charge >= 0.3 is 0 Å². The summed E-state index contributed by atoms with van der Waals surface area (Å²) in [6, 6.07) is 55.2. The van der Waals surface area contributed by atoms with Crippen LogP contribution >= 0.6 is 0 Å². The van der Waals surface area contributed by atoms with Crippen molar-refractivity contribution >= 4 is 32.9 Å². The van der Waals surface area contributed by atoms with Crippen LogP contribution in [0.5, 0.6) is 0 Å². The summed E-state index contributed by atoms with van der Waals surface area (Å²) in [7, 11) is 0. The van der Waals surface area contributed by atoms with Gasteiger partial charge in [0.05, 0.1) is 0 Å². The zero-order valence-electron chi connectivity index (χ0n) is 29.1. The van der Waals surface area contributed by atoms with Crippen LogP contribution in [0.4, 0.5) is 5.69 Å². The molecule has 9 rings (SSSR count). The second-order valence-electron chi connectivity index (χ2n) is 13.7. The summed E-state index contributed by atoms with van der Waals surface area (Å²) < 4.78 is 2.59. The molecule has 0 unspecified atom stereocenters. The molecule has 1 aliphatic rings. The molecule has 3 heteroatoms. The summed E-state index contributed by atoms with van der Waals surface area (Å²) in [4.78, 5) is 0. The predicted molar refractivity (Wildman–Crippen MR) is 212 cm³/mol. The van der Waals surface area contributed by atoms with Crippen LogP contribution in [-0.2, 0) is 12.8 Å². The molecule has 0 aliphatic carbocycles. The molecule has 0 spiro atoms. The maximum atomic E-state index is 4.84. The predicted octanol–water partition coefficient (Wildman–Crippen LogP) is 11.4. The summed E-state index contributed by atoms with van der Waals surface area (Å²) in [5.74, 6) is 0. The summed E-state index contributed by atoms with van der Waals surface area (Å²) in [6.07, 6.45) is 2.88. The average molecular weight is 658 g/mol. The fourth-order valence-corrected chi connectivity index (χ4v) is 8.19. The molecule has 0 saturated carbocycles. The lowest BCUT2D eigenvalue weighted by molar-refractivity contribution is -0.443. The van der Waals surface area contributed by atoms with E-state index in [2.05, 4.69) is 170 Å². The third kappa shape index (κ3) is 5.56. The first-order chi connectivity index (χ1) is 25.1. The Balaban J connectivity index is 1.35. The molecular formula is C48H39N3. The van der Waals surface area contributed by atoms with Gasteiger partial charge in [0.1, 0.15) is 12.2 Å². The normalized spacial score (nSPS) is 12.8. The lowest BCUT2D eigenvalue weighted by Crippen LogP contribution is -2.28. The summed E-state index contributed by atoms with van der Waals surface area (Å²) in [6.45, 7) is 5.17. The third-order valence-corrected chi connectivity index (χ3v) is 10.6. The molecule has 246 valence electrons. The Kier molecular flexibility index (Phi) is 7.89. The first-order valence-electron chi connectivity index (χ1n) is 18.0. The second-order valence-corrected chi connectivity index (χ2v) is 13.7. The van der Waals surface area contributed by atoms with Gasteiger partial charge in [0.25, 0.3) is 0 Å². The van der Waals surface area contributed by atoms with E-state index in [-0.39, 0.29) is 0 Å². The number of aromatic nitrogens is 2. The van der Waals surface area contributed by atoms with E-state index in [9.17, 15) is 0 Å². The second kappa shape index (κ2) is 13.0. The minimum absolute atomic E-state index is 0.890. The molecule has 3 nitrogen and oxygen atoms in total. The van der Waals surface area contributed by atoms with Gasteiger partial charge in [0.15, 0.2) is 11.4 Å². The van der Waals surface area contributed by atoms with E-state index in [1.807, 2.05) is 0 Å². The minimum atomic E-state index is 0.890. The first kappa shape index (κ1) is 31.0. The summed E-state index contributed by atoms with van der Waals surface area (Å²) in [5.41, 5.74) is 15.8. The van der Waals surface area contributed by atoms with Crippen molar-refractivity contribution in [2.24, 2.45) is 0 Å². The lowest BCUT2D eigenvalue weighted by Gasteiger charge is -2.23. The molecule has 8 aromatic rings. The van der Waals surface area contributed by atoms with Crippen LogP contribution in [0.1, 0.15) is 34.5 Å². The number of aryl methyl sites for hydroxylation is 3. The molecule has 0 bridgehead atoms. The Morgan fingerprint density at radius 3 is 1.73 bits per heavy atom. The van der Waals surface area contributed by atoms with Crippen LogP contribution in [0.25, 0.3) is 54.9 Å². The third-order valence-electron chi connectivity index (χ3n) is 10.6.